The third-order valence-corrected chi connectivity index (χ3v) is 6.52. The van der Waals surface area contributed by atoms with Crippen LogP contribution in [0.3, 0.4) is 0 Å². The van der Waals surface area contributed by atoms with Gasteiger partial charge in [0, 0.05) is 52.8 Å². The van der Waals surface area contributed by atoms with E-state index in [1.807, 2.05) is 13.8 Å². The molecule has 208 valence electrons. The number of carbonyl (C=O) groups excluding carboxylic acids is 1. The molecule has 12 nitrogen and oxygen atoms in total. The van der Waals surface area contributed by atoms with E-state index in [2.05, 4.69) is 35.5 Å². The number of ether oxygens (including phenoxy) is 2. The molecule has 0 saturated carbocycles. The molecule has 1 saturated heterocycles. The Morgan fingerprint density at radius 3 is 2.77 bits per heavy atom. The van der Waals surface area contributed by atoms with Crippen molar-refractivity contribution in [2.75, 3.05) is 23.8 Å². The average molecular weight is 552 g/mol. The second-order valence-corrected chi connectivity index (χ2v) is 9.84. The summed E-state index contributed by atoms with van der Waals surface area (Å²) < 4.78 is 43.4. The Labute approximate surface area is 228 Å². The SMILES string of the molecule is [C-]#[N+]C(C)(C)c1cc(Nc2nc3ncc(Oc4ccnc(NC(C)=O)c4)c(C(F)F)c3n2C)nn1[C@H]1CCOC1. The van der Waals surface area contributed by atoms with Crippen LogP contribution in [0.4, 0.5) is 26.4 Å². The maximum Gasteiger partial charge on any atom is 0.269 e. The summed E-state index contributed by atoms with van der Waals surface area (Å²) >= 11 is 0. The standard InChI is InChI=1S/C26H27F2N9O3/c1-14(38)32-19-10-16(6-8-30-19)40-17-12-31-24-22(21(17)23(27)28)36(5)25(34-24)33-20-11-18(26(2,3)29-4)37(35-20)15-7-9-39-13-15/h6,8,10-12,15,23H,7,9,13H2,1-3,5H3,(H,30,32,38)(H,31,33,34,35)/t15-/m0/s1. The Kier molecular flexibility index (Phi) is 7.07. The van der Waals surface area contributed by atoms with Gasteiger partial charge in [-0.1, -0.05) is 0 Å². The van der Waals surface area contributed by atoms with E-state index >= 15 is 0 Å². The van der Waals surface area contributed by atoms with E-state index < -0.39 is 17.5 Å². The highest BCUT2D eigenvalue weighted by molar-refractivity contribution is 5.87. The lowest BCUT2D eigenvalue weighted by Crippen LogP contribution is -2.22. The van der Waals surface area contributed by atoms with Crippen molar-refractivity contribution >= 4 is 34.7 Å². The molecule has 14 heteroatoms. The fourth-order valence-corrected chi connectivity index (χ4v) is 4.51. The number of rotatable bonds is 8. The Bertz CT molecular complexity index is 1620. The van der Waals surface area contributed by atoms with E-state index in [1.54, 1.807) is 17.8 Å². The van der Waals surface area contributed by atoms with Crippen LogP contribution in [0.25, 0.3) is 16.0 Å². The minimum atomic E-state index is -2.91. The number of nitrogens with zero attached hydrogens (tertiary/aromatic N) is 7. The van der Waals surface area contributed by atoms with Gasteiger partial charge in [-0.25, -0.2) is 25.3 Å². The van der Waals surface area contributed by atoms with Crippen molar-refractivity contribution in [2.45, 2.75) is 45.2 Å². The average Bonchev–Trinajstić information content (AvgIpc) is 3.64. The number of carbonyl (C=O) groups is 1. The van der Waals surface area contributed by atoms with Crippen molar-refractivity contribution in [3.63, 3.8) is 0 Å². The lowest BCUT2D eigenvalue weighted by atomic mass is 10.0. The molecule has 0 bridgehead atoms. The van der Waals surface area contributed by atoms with Crippen molar-refractivity contribution < 1.29 is 23.0 Å². The number of pyridine rings is 2. The Morgan fingerprint density at radius 1 is 1.30 bits per heavy atom. The molecule has 2 N–H and O–H groups in total. The quantitative estimate of drug-likeness (QED) is 0.290. The zero-order valence-electron chi connectivity index (χ0n) is 22.3. The minimum Gasteiger partial charge on any atom is -0.455 e. The third-order valence-electron chi connectivity index (χ3n) is 6.52. The first-order valence-corrected chi connectivity index (χ1v) is 12.5. The molecule has 5 rings (SSSR count). The minimum absolute atomic E-state index is 0.0156. The smallest absolute Gasteiger partial charge is 0.269 e. The molecule has 40 heavy (non-hydrogen) atoms. The zero-order chi connectivity index (χ0) is 28.6. The number of alkyl halides is 2. The topological polar surface area (TPSA) is 125 Å². The molecular formula is C26H27F2N9O3. The number of amides is 1. The van der Waals surface area contributed by atoms with Gasteiger partial charge in [-0.15, -0.1) is 0 Å². The van der Waals surface area contributed by atoms with Gasteiger partial charge in [0.25, 0.3) is 12.0 Å². The molecule has 0 aromatic carbocycles. The summed E-state index contributed by atoms with van der Waals surface area (Å²) in [6.07, 6.45) is 0.432. The van der Waals surface area contributed by atoms with E-state index in [9.17, 15) is 13.6 Å². The Morgan fingerprint density at radius 2 is 2.10 bits per heavy atom. The molecule has 1 fully saturated rings. The van der Waals surface area contributed by atoms with E-state index in [0.29, 0.717) is 24.7 Å². The fraction of sp³-hybridized carbons (Fsp3) is 0.385. The van der Waals surface area contributed by atoms with Crippen molar-refractivity contribution in [1.82, 2.24) is 29.3 Å². The molecule has 1 aliphatic heterocycles. The summed E-state index contributed by atoms with van der Waals surface area (Å²) in [6.45, 7) is 13.7. The molecule has 0 radical (unpaired) electrons. The normalized spacial score (nSPS) is 15.4. The summed E-state index contributed by atoms with van der Waals surface area (Å²) in [6, 6.07) is 4.65. The Hall–Kier alpha value is -4.64. The molecule has 5 heterocycles. The number of hydrogen-bond donors (Lipinski definition) is 2. The van der Waals surface area contributed by atoms with Gasteiger partial charge < -0.3 is 29.5 Å². The van der Waals surface area contributed by atoms with E-state index in [0.717, 1.165) is 6.42 Å². The van der Waals surface area contributed by atoms with Crippen molar-refractivity contribution in [3.8, 4) is 11.5 Å². The Balaban J connectivity index is 1.51. The molecule has 0 unspecified atom stereocenters. The van der Waals surface area contributed by atoms with Crippen LogP contribution in [-0.4, -0.2) is 48.4 Å². The molecular weight excluding hydrogens is 524 g/mol. The third kappa shape index (κ3) is 5.15. The highest BCUT2D eigenvalue weighted by Crippen LogP contribution is 2.39. The predicted octanol–water partition coefficient (Wildman–Crippen LogP) is 5.11. The number of aryl methyl sites for hydroxylation is 1. The lowest BCUT2D eigenvalue weighted by molar-refractivity contribution is -0.114. The highest BCUT2D eigenvalue weighted by atomic mass is 19.3. The van der Waals surface area contributed by atoms with Gasteiger partial charge in [-0.05, 0) is 12.5 Å². The summed E-state index contributed by atoms with van der Waals surface area (Å²) in [7, 11) is 1.59. The number of imidazole rings is 1. The molecule has 4 aromatic rings. The van der Waals surface area contributed by atoms with Crippen LogP contribution in [0.2, 0.25) is 0 Å². The lowest BCUT2D eigenvalue weighted by Gasteiger charge is -2.17. The molecule has 1 amide bonds. The summed E-state index contributed by atoms with van der Waals surface area (Å²) in [4.78, 5) is 27.8. The summed E-state index contributed by atoms with van der Waals surface area (Å²) in [5.74, 6) is 0.561. The van der Waals surface area contributed by atoms with Crippen LogP contribution in [0.1, 0.15) is 50.9 Å². The predicted molar refractivity (Wildman–Crippen MR) is 142 cm³/mol. The fourth-order valence-electron chi connectivity index (χ4n) is 4.51. The number of fused-ring (bicyclic) bond motifs is 1. The van der Waals surface area contributed by atoms with Crippen LogP contribution in [-0.2, 0) is 22.1 Å². The van der Waals surface area contributed by atoms with Gasteiger partial charge >= 0.3 is 0 Å². The van der Waals surface area contributed by atoms with Crippen molar-refractivity contribution in [3.05, 3.63) is 53.3 Å². The van der Waals surface area contributed by atoms with E-state index in [1.165, 1.54) is 36.0 Å². The molecule has 0 spiro atoms. The van der Waals surface area contributed by atoms with Gasteiger partial charge in [0.2, 0.25) is 11.9 Å². The number of halogens is 2. The molecule has 4 aromatic heterocycles. The van der Waals surface area contributed by atoms with Crippen LogP contribution in [0.5, 0.6) is 11.5 Å². The van der Waals surface area contributed by atoms with E-state index in [4.69, 9.17) is 16.0 Å². The van der Waals surface area contributed by atoms with Gasteiger partial charge in [-0.2, -0.15) is 10.1 Å². The van der Waals surface area contributed by atoms with Crippen LogP contribution in [0, 0.1) is 6.57 Å². The highest BCUT2D eigenvalue weighted by Gasteiger charge is 2.35. The maximum atomic E-state index is 14.4. The molecule has 1 atom stereocenters. The number of nitrogens with one attached hydrogen (secondary N) is 2. The molecule has 1 aliphatic rings. The second kappa shape index (κ2) is 10.5. The number of anilines is 3. The number of aromatic nitrogens is 6. The first-order chi connectivity index (χ1) is 19.1. The van der Waals surface area contributed by atoms with Crippen LogP contribution in [0.15, 0.2) is 30.6 Å². The largest absolute Gasteiger partial charge is 0.455 e. The van der Waals surface area contributed by atoms with E-state index in [-0.39, 0.29) is 46.4 Å². The molecule has 0 aliphatic carbocycles. The maximum absolute atomic E-state index is 14.4. The first-order valence-electron chi connectivity index (χ1n) is 12.5. The van der Waals surface area contributed by atoms with Crippen LogP contribution < -0.4 is 15.4 Å². The van der Waals surface area contributed by atoms with Gasteiger partial charge in [-0.3, -0.25) is 9.48 Å². The van der Waals surface area contributed by atoms with Gasteiger partial charge in [0.15, 0.2) is 17.2 Å². The summed E-state index contributed by atoms with van der Waals surface area (Å²) in [5.41, 5.74) is -0.361. The van der Waals surface area contributed by atoms with Crippen molar-refractivity contribution in [2.24, 2.45) is 7.05 Å². The zero-order valence-corrected chi connectivity index (χ0v) is 22.3. The number of hydrogen-bond acceptors (Lipinski definition) is 8. The monoisotopic (exact) mass is 551 g/mol. The van der Waals surface area contributed by atoms with Gasteiger partial charge in [0.1, 0.15) is 22.8 Å². The van der Waals surface area contributed by atoms with Gasteiger partial charge in [0.05, 0.1) is 24.4 Å². The summed E-state index contributed by atoms with van der Waals surface area (Å²) in [5, 5.41) is 10.3. The first kappa shape index (κ1) is 26.9. The second-order valence-electron chi connectivity index (χ2n) is 9.84. The van der Waals surface area contributed by atoms with Crippen molar-refractivity contribution in [1.29, 1.82) is 0 Å². The van der Waals surface area contributed by atoms with Crippen LogP contribution >= 0.6 is 0 Å².